The molecule has 2 nitrogen and oxygen atoms in total. The Labute approximate surface area is 146 Å². The van der Waals surface area contributed by atoms with Crippen LogP contribution in [0.1, 0.15) is 5.56 Å². The van der Waals surface area contributed by atoms with Crippen molar-refractivity contribution < 1.29 is 10.2 Å². The lowest BCUT2D eigenvalue weighted by Gasteiger charge is -2.14. The second-order valence-corrected chi connectivity index (χ2v) is 6.19. The number of phenols is 2. The van der Waals surface area contributed by atoms with E-state index in [1.165, 1.54) is 5.56 Å². The Balaban J connectivity index is 2.09. The minimum atomic E-state index is 0.163. The van der Waals surface area contributed by atoms with Gasteiger partial charge in [-0.3, -0.25) is 0 Å². The third kappa shape index (κ3) is 2.52. The number of benzene rings is 4. The van der Waals surface area contributed by atoms with Crippen LogP contribution in [0.4, 0.5) is 0 Å². The van der Waals surface area contributed by atoms with Gasteiger partial charge in [-0.15, -0.1) is 6.58 Å². The third-order valence-electron chi connectivity index (χ3n) is 4.60. The third-order valence-corrected chi connectivity index (χ3v) is 4.60. The molecule has 0 heterocycles. The molecule has 2 heteroatoms. The molecule has 0 saturated heterocycles. The molecule has 25 heavy (non-hydrogen) atoms. The van der Waals surface area contributed by atoms with E-state index >= 15 is 0 Å². The number of fused-ring (bicyclic) bond motifs is 2. The first-order valence-corrected chi connectivity index (χ1v) is 8.25. The summed E-state index contributed by atoms with van der Waals surface area (Å²) in [5, 5.41) is 25.0. The quantitative estimate of drug-likeness (QED) is 0.467. The molecule has 0 bridgehead atoms. The van der Waals surface area contributed by atoms with Crippen LogP contribution in [0.15, 0.2) is 79.4 Å². The SMILES string of the molecule is C=CCc1ccc2c(-c3c(O)ccc4ccccc34)c(O)ccc2c1. The lowest BCUT2D eigenvalue weighted by atomic mass is 9.91. The van der Waals surface area contributed by atoms with Crippen LogP contribution in [0.3, 0.4) is 0 Å². The van der Waals surface area contributed by atoms with Crippen molar-refractivity contribution in [2.45, 2.75) is 6.42 Å². The predicted molar refractivity (Wildman–Crippen MR) is 104 cm³/mol. The van der Waals surface area contributed by atoms with Gasteiger partial charge in [-0.25, -0.2) is 0 Å². The van der Waals surface area contributed by atoms with E-state index in [0.29, 0.717) is 11.1 Å². The monoisotopic (exact) mass is 326 g/mol. The Hall–Kier alpha value is -3.26. The average molecular weight is 326 g/mol. The number of aromatic hydroxyl groups is 2. The normalized spacial score (nSPS) is 11.0. The van der Waals surface area contributed by atoms with Gasteiger partial charge in [-0.2, -0.15) is 0 Å². The van der Waals surface area contributed by atoms with Gasteiger partial charge in [-0.05, 0) is 45.7 Å². The summed E-state index contributed by atoms with van der Waals surface area (Å²) in [7, 11) is 0. The van der Waals surface area contributed by atoms with E-state index in [9.17, 15) is 10.2 Å². The van der Waals surface area contributed by atoms with Crippen molar-refractivity contribution in [3.8, 4) is 22.6 Å². The lowest BCUT2D eigenvalue weighted by Crippen LogP contribution is -1.88. The molecule has 0 aromatic heterocycles. The largest absolute Gasteiger partial charge is 0.507 e. The molecule has 0 aliphatic heterocycles. The molecule has 0 unspecified atom stereocenters. The summed E-state index contributed by atoms with van der Waals surface area (Å²) in [5.74, 6) is 0.326. The topological polar surface area (TPSA) is 40.5 Å². The molecule has 122 valence electrons. The van der Waals surface area contributed by atoms with Crippen molar-refractivity contribution in [3.05, 3.63) is 84.9 Å². The van der Waals surface area contributed by atoms with Crippen LogP contribution in [0.25, 0.3) is 32.7 Å². The van der Waals surface area contributed by atoms with Crippen molar-refractivity contribution >= 4 is 21.5 Å². The van der Waals surface area contributed by atoms with Gasteiger partial charge in [0.1, 0.15) is 11.5 Å². The maximum Gasteiger partial charge on any atom is 0.124 e. The lowest BCUT2D eigenvalue weighted by molar-refractivity contribution is 0.470. The van der Waals surface area contributed by atoms with E-state index in [2.05, 4.69) is 12.6 Å². The summed E-state index contributed by atoms with van der Waals surface area (Å²) < 4.78 is 0. The van der Waals surface area contributed by atoms with Crippen molar-refractivity contribution in [3.63, 3.8) is 0 Å². The summed E-state index contributed by atoms with van der Waals surface area (Å²) in [4.78, 5) is 0. The highest BCUT2D eigenvalue weighted by molar-refractivity contribution is 6.09. The maximum absolute atomic E-state index is 10.6. The van der Waals surface area contributed by atoms with Gasteiger partial charge in [0.25, 0.3) is 0 Å². The van der Waals surface area contributed by atoms with E-state index in [4.69, 9.17) is 0 Å². The molecule has 2 N–H and O–H groups in total. The molecule has 4 aromatic rings. The molecule has 0 fully saturated rings. The molecule has 4 aromatic carbocycles. The highest BCUT2D eigenvalue weighted by Crippen LogP contribution is 2.44. The first-order valence-electron chi connectivity index (χ1n) is 8.25. The average Bonchev–Trinajstić information content (AvgIpc) is 2.63. The minimum Gasteiger partial charge on any atom is -0.507 e. The van der Waals surface area contributed by atoms with Gasteiger partial charge in [0.05, 0.1) is 0 Å². The standard InChI is InChI=1S/C23H18O2/c1-2-5-15-8-11-19-17(14-15)10-13-21(25)23(19)22-18-7-4-3-6-16(18)9-12-20(22)24/h2-4,6-14,24-25H,1,5H2. The Morgan fingerprint density at radius 1 is 0.720 bits per heavy atom. The zero-order valence-electron chi connectivity index (χ0n) is 13.7. The van der Waals surface area contributed by atoms with Crippen LogP contribution in [0, 0.1) is 0 Å². The highest BCUT2D eigenvalue weighted by atomic mass is 16.3. The molecule has 0 saturated carbocycles. The first-order chi connectivity index (χ1) is 12.2. The van der Waals surface area contributed by atoms with Crippen LogP contribution in [0.2, 0.25) is 0 Å². The van der Waals surface area contributed by atoms with Crippen LogP contribution in [-0.2, 0) is 6.42 Å². The van der Waals surface area contributed by atoms with E-state index in [1.54, 1.807) is 12.1 Å². The van der Waals surface area contributed by atoms with E-state index in [1.807, 2.05) is 54.6 Å². The highest BCUT2D eigenvalue weighted by Gasteiger charge is 2.16. The zero-order valence-corrected chi connectivity index (χ0v) is 13.7. The fraction of sp³-hybridized carbons (Fsp3) is 0.0435. The van der Waals surface area contributed by atoms with Crippen molar-refractivity contribution in [1.29, 1.82) is 0 Å². The predicted octanol–water partition coefficient (Wildman–Crippen LogP) is 5.80. The van der Waals surface area contributed by atoms with Crippen molar-refractivity contribution in [1.82, 2.24) is 0 Å². The number of rotatable bonds is 3. The minimum absolute atomic E-state index is 0.163. The molecular weight excluding hydrogens is 308 g/mol. The van der Waals surface area contributed by atoms with Gasteiger partial charge >= 0.3 is 0 Å². The first kappa shape index (κ1) is 15.3. The second-order valence-electron chi connectivity index (χ2n) is 6.19. The van der Waals surface area contributed by atoms with E-state index in [0.717, 1.165) is 28.0 Å². The summed E-state index contributed by atoms with van der Waals surface area (Å²) in [5.41, 5.74) is 2.50. The van der Waals surface area contributed by atoms with Gasteiger partial charge in [0.2, 0.25) is 0 Å². The van der Waals surface area contributed by atoms with E-state index < -0.39 is 0 Å². The maximum atomic E-state index is 10.6. The van der Waals surface area contributed by atoms with E-state index in [-0.39, 0.29) is 11.5 Å². The van der Waals surface area contributed by atoms with Gasteiger partial charge in [-0.1, -0.05) is 60.7 Å². The second kappa shape index (κ2) is 5.99. The Morgan fingerprint density at radius 2 is 1.36 bits per heavy atom. The molecule has 0 aliphatic rings. The zero-order chi connectivity index (χ0) is 17.4. The summed E-state index contributed by atoms with van der Waals surface area (Å²) in [6.45, 7) is 3.79. The van der Waals surface area contributed by atoms with Crippen molar-refractivity contribution in [2.75, 3.05) is 0 Å². The van der Waals surface area contributed by atoms with Crippen molar-refractivity contribution in [2.24, 2.45) is 0 Å². The number of hydrogen-bond acceptors (Lipinski definition) is 2. The Bertz CT molecular complexity index is 1110. The number of phenolic OH excluding ortho intramolecular Hbond substituents is 2. The summed E-state index contributed by atoms with van der Waals surface area (Å²) in [6.07, 6.45) is 2.67. The number of hydrogen-bond donors (Lipinski definition) is 2. The van der Waals surface area contributed by atoms with Gasteiger partial charge in [0, 0.05) is 11.1 Å². The van der Waals surface area contributed by atoms with Gasteiger partial charge in [0.15, 0.2) is 0 Å². The smallest absolute Gasteiger partial charge is 0.124 e. The van der Waals surface area contributed by atoms with Crippen LogP contribution in [-0.4, -0.2) is 10.2 Å². The molecule has 0 amide bonds. The fourth-order valence-corrected chi connectivity index (χ4v) is 3.45. The molecule has 0 radical (unpaired) electrons. The molecule has 0 aliphatic carbocycles. The summed E-state index contributed by atoms with van der Waals surface area (Å²) >= 11 is 0. The van der Waals surface area contributed by atoms with Gasteiger partial charge < -0.3 is 10.2 Å². The van der Waals surface area contributed by atoms with Crippen LogP contribution >= 0.6 is 0 Å². The molecule has 4 rings (SSSR count). The van der Waals surface area contributed by atoms with Crippen LogP contribution in [0.5, 0.6) is 11.5 Å². The number of allylic oxidation sites excluding steroid dienone is 1. The Morgan fingerprint density at radius 3 is 2.08 bits per heavy atom. The Kier molecular flexibility index (Phi) is 3.66. The summed E-state index contributed by atoms with van der Waals surface area (Å²) in [6, 6.07) is 21.2. The molecule has 0 atom stereocenters. The fourth-order valence-electron chi connectivity index (χ4n) is 3.45. The molecular formula is C23H18O2. The molecule has 0 spiro atoms. The van der Waals surface area contributed by atoms with Crippen LogP contribution < -0.4 is 0 Å².